The van der Waals surface area contributed by atoms with E-state index in [-0.39, 0.29) is 0 Å². The van der Waals surface area contributed by atoms with Crippen LogP contribution in [0.2, 0.25) is 5.15 Å². The van der Waals surface area contributed by atoms with Crippen LogP contribution in [0.5, 0.6) is 5.75 Å². The monoisotopic (exact) mass is 284 g/mol. The second-order valence-corrected chi connectivity index (χ2v) is 4.67. The third-order valence-corrected chi connectivity index (χ3v) is 3.25. The highest BCUT2D eigenvalue weighted by Crippen LogP contribution is 2.26. The topological polar surface area (TPSA) is 35.0 Å². The van der Waals surface area contributed by atoms with E-state index in [1.165, 1.54) is 0 Å². The third-order valence-electron chi connectivity index (χ3n) is 2.96. The Bertz CT molecular complexity index is 758. The fourth-order valence-corrected chi connectivity index (χ4v) is 2.30. The van der Waals surface area contributed by atoms with Crippen molar-refractivity contribution in [2.75, 3.05) is 6.61 Å². The maximum Gasteiger partial charge on any atom is 0.161 e. The lowest BCUT2D eigenvalue weighted by molar-refractivity contribution is 0.340. The van der Waals surface area contributed by atoms with Gasteiger partial charge in [-0.3, -0.25) is 0 Å². The van der Waals surface area contributed by atoms with E-state index in [2.05, 4.69) is 9.97 Å². The third kappa shape index (κ3) is 2.45. The fraction of sp³-hybridized carbons (Fsp3) is 0.125. The van der Waals surface area contributed by atoms with Gasteiger partial charge < -0.3 is 4.74 Å². The summed E-state index contributed by atoms with van der Waals surface area (Å²) in [4.78, 5) is 8.93. The predicted octanol–water partition coefficient (Wildman–Crippen LogP) is 4.35. The Hall–Kier alpha value is -2.13. The van der Waals surface area contributed by atoms with Crippen LogP contribution < -0.4 is 4.74 Å². The van der Waals surface area contributed by atoms with Crippen LogP contribution in [0.1, 0.15) is 6.92 Å². The first-order valence-electron chi connectivity index (χ1n) is 6.43. The van der Waals surface area contributed by atoms with E-state index in [1.54, 1.807) is 0 Å². The van der Waals surface area contributed by atoms with Crippen molar-refractivity contribution >= 4 is 22.5 Å². The van der Waals surface area contributed by atoms with Gasteiger partial charge in [0.25, 0.3) is 0 Å². The van der Waals surface area contributed by atoms with E-state index in [4.69, 9.17) is 16.3 Å². The highest BCUT2D eigenvalue weighted by atomic mass is 35.5. The van der Waals surface area contributed by atoms with Gasteiger partial charge >= 0.3 is 0 Å². The summed E-state index contributed by atoms with van der Waals surface area (Å²) in [5, 5.41) is 1.33. The Balaban J connectivity index is 2.12. The summed E-state index contributed by atoms with van der Waals surface area (Å²) in [6.45, 7) is 2.58. The minimum Gasteiger partial charge on any atom is -0.494 e. The standard InChI is InChI=1S/C16H13ClN2O/c1-2-20-12-7-5-6-11(10-12)16-18-14-9-4-3-8-13(14)15(17)19-16/h3-10H,2H2,1H3. The molecule has 0 fully saturated rings. The normalized spacial score (nSPS) is 10.7. The largest absolute Gasteiger partial charge is 0.494 e. The quantitative estimate of drug-likeness (QED) is 0.671. The lowest BCUT2D eigenvalue weighted by atomic mass is 10.2. The fourth-order valence-electron chi connectivity index (χ4n) is 2.06. The summed E-state index contributed by atoms with van der Waals surface area (Å²) < 4.78 is 5.50. The van der Waals surface area contributed by atoms with Crippen molar-refractivity contribution < 1.29 is 4.74 Å². The molecule has 0 aliphatic heterocycles. The predicted molar refractivity (Wildman–Crippen MR) is 81.2 cm³/mol. The number of benzene rings is 2. The molecule has 0 atom stereocenters. The molecule has 0 N–H and O–H groups in total. The Labute approximate surface area is 122 Å². The number of halogens is 1. The Kier molecular flexibility index (Phi) is 3.52. The van der Waals surface area contributed by atoms with Crippen LogP contribution >= 0.6 is 11.6 Å². The number of ether oxygens (including phenoxy) is 1. The minimum absolute atomic E-state index is 0.465. The first-order valence-corrected chi connectivity index (χ1v) is 6.81. The maximum atomic E-state index is 6.23. The van der Waals surface area contributed by atoms with Crippen LogP contribution in [-0.2, 0) is 0 Å². The molecule has 0 aliphatic carbocycles. The van der Waals surface area contributed by atoms with Crippen molar-refractivity contribution in [2.24, 2.45) is 0 Å². The molecular weight excluding hydrogens is 272 g/mol. The second kappa shape index (κ2) is 5.47. The van der Waals surface area contributed by atoms with Gasteiger partial charge in [-0.15, -0.1) is 0 Å². The van der Waals surface area contributed by atoms with Crippen LogP contribution in [0.4, 0.5) is 0 Å². The molecular formula is C16H13ClN2O. The van der Waals surface area contributed by atoms with Crippen molar-refractivity contribution in [1.82, 2.24) is 9.97 Å². The minimum atomic E-state index is 0.465. The van der Waals surface area contributed by atoms with E-state index in [9.17, 15) is 0 Å². The first kappa shape index (κ1) is 12.9. The van der Waals surface area contributed by atoms with Gasteiger partial charge in [0.2, 0.25) is 0 Å². The molecule has 3 nitrogen and oxygen atoms in total. The van der Waals surface area contributed by atoms with E-state index >= 15 is 0 Å². The van der Waals surface area contributed by atoms with Crippen LogP contribution in [0, 0.1) is 0 Å². The molecule has 1 heterocycles. The molecule has 100 valence electrons. The van der Waals surface area contributed by atoms with Crippen LogP contribution in [0.25, 0.3) is 22.3 Å². The van der Waals surface area contributed by atoms with Crippen molar-refractivity contribution in [2.45, 2.75) is 6.92 Å². The molecule has 0 bridgehead atoms. The van der Waals surface area contributed by atoms with Crippen molar-refractivity contribution in [3.63, 3.8) is 0 Å². The lowest BCUT2D eigenvalue weighted by Gasteiger charge is -2.07. The molecule has 0 unspecified atom stereocenters. The Morgan fingerprint density at radius 1 is 1.05 bits per heavy atom. The molecule has 2 aromatic carbocycles. The SMILES string of the molecule is CCOc1cccc(-c2nc(Cl)c3ccccc3n2)c1. The number of nitrogens with zero attached hydrogens (tertiary/aromatic N) is 2. The molecule has 20 heavy (non-hydrogen) atoms. The van der Waals surface area contributed by atoms with Gasteiger partial charge in [-0.05, 0) is 31.2 Å². The maximum absolute atomic E-state index is 6.23. The zero-order chi connectivity index (χ0) is 13.9. The summed E-state index contributed by atoms with van der Waals surface area (Å²) in [7, 11) is 0. The lowest BCUT2D eigenvalue weighted by Crippen LogP contribution is -1.94. The summed E-state index contributed by atoms with van der Waals surface area (Å²) in [5.41, 5.74) is 1.73. The first-order chi connectivity index (χ1) is 9.78. The number of fused-ring (bicyclic) bond motifs is 1. The smallest absolute Gasteiger partial charge is 0.161 e. The van der Waals surface area contributed by atoms with Gasteiger partial charge in [0, 0.05) is 10.9 Å². The zero-order valence-corrected chi connectivity index (χ0v) is 11.8. The van der Waals surface area contributed by atoms with Crippen LogP contribution in [0.3, 0.4) is 0 Å². The van der Waals surface area contributed by atoms with Gasteiger partial charge in [-0.1, -0.05) is 35.9 Å². The number of para-hydroxylation sites is 1. The number of hydrogen-bond donors (Lipinski definition) is 0. The highest BCUT2D eigenvalue weighted by molar-refractivity contribution is 6.34. The van der Waals surface area contributed by atoms with Gasteiger partial charge in [-0.25, -0.2) is 9.97 Å². The molecule has 1 aromatic heterocycles. The Morgan fingerprint density at radius 3 is 2.75 bits per heavy atom. The molecule has 0 aliphatic rings. The summed E-state index contributed by atoms with van der Waals surface area (Å²) >= 11 is 6.23. The van der Waals surface area contributed by atoms with E-state index in [1.807, 2.05) is 55.5 Å². The molecule has 0 amide bonds. The molecule has 3 aromatic rings. The Morgan fingerprint density at radius 2 is 1.90 bits per heavy atom. The van der Waals surface area contributed by atoms with Crippen molar-refractivity contribution in [1.29, 1.82) is 0 Å². The van der Waals surface area contributed by atoms with Crippen LogP contribution in [-0.4, -0.2) is 16.6 Å². The van der Waals surface area contributed by atoms with Crippen molar-refractivity contribution in [3.05, 3.63) is 53.7 Å². The molecule has 0 saturated carbocycles. The summed E-state index contributed by atoms with van der Waals surface area (Å²) in [6, 6.07) is 15.4. The number of aromatic nitrogens is 2. The average molecular weight is 285 g/mol. The zero-order valence-electron chi connectivity index (χ0n) is 11.0. The molecule has 0 saturated heterocycles. The summed E-state index contributed by atoms with van der Waals surface area (Å²) in [5.74, 6) is 1.41. The van der Waals surface area contributed by atoms with Gasteiger partial charge in [0.15, 0.2) is 5.82 Å². The molecule has 0 spiro atoms. The van der Waals surface area contributed by atoms with Gasteiger partial charge in [0.05, 0.1) is 12.1 Å². The molecule has 4 heteroatoms. The average Bonchev–Trinajstić information content (AvgIpc) is 2.48. The van der Waals surface area contributed by atoms with Crippen molar-refractivity contribution in [3.8, 4) is 17.1 Å². The van der Waals surface area contributed by atoms with E-state index < -0.39 is 0 Å². The second-order valence-electron chi connectivity index (χ2n) is 4.32. The van der Waals surface area contributed by atoms with Crippen LogP contribution in [0.15, 0.2) is 48.5 Å². The molecule has 3 rings (SSSR count). The van der Waals surface area contributed by atoms with E-state index in [0.29, 0.717) is 17.6 Å². The van der Waals surface area contributed by atoms with Gasteiger partial charge in [0.1, 0.15) is 10.9 Å². The van der Waals surface area contributed by atoms with Gasteiger partial charge in [-0.2, -0.15) is 0 Å². The molecule has 0 radical (unpaired) electrons. The summed E-state index contributed by atoms with van der Waals surface area (Å²) in [6.07, 6.45) is 0. The number of hydrogen-bond acceptors (Lipinski definition) is 3. The van der Waals surface area contributed by atoms with E-state index in [0.717, 1.165) is 22.2 Å². The highest BCUT2D eigenvalue weighted by Gasteiger charge is 2.08. The number of rotatable bonds is 3.